The maximum absolute atomic E-state index is 5.97. The average Bonchev–Trinajstić information content (AvgIpc) is 3.82. The monoisotopic (exact) mass is 668 g/mol. The zero-order chi connectivity index (χ0) is 33.6. The minimum absolute atomic E-state index is 0. The van der Waals surface area contributed by atoms with Crippen LogP contribution in [-0.4, -0.2) is 66.7 Å². The van der Waals surface area contributed by atoms with Crippen LogP contribution in [0.2, 0.25) is 0 Å². The fraction of sp³-hybridized carbons (Fsp3) is 0.0606. The maximum Gasteiger partial charge on any atom is 0.215 e. The van der Waals surface area contributed by atoms with Gasteiger partial charge >= 0.3 is 0 Å². The van der Waals surface area contributed by atoms with Gasteiger partial charge in [0.25, 0.3) is 0 Å². The van der Waals surface area contributed by atoms with Crippen molar-refractivity contribution in [3.63, 3.8) is 0 Å². The van der Waals surface area contributed by atoms with Gasteiger partial charge in [0.05, 0.1) is 59.3 Å². The fourth-order valence-corrected chi connectivity index (χ4v) is 4.48. The van der Waals surface area contributed by atoms with E-state index in [9.17, 15) is 0 Å². The summed E-state index contributed by atoms with van der Waals surface area (Å²) in [6.45, 7) is 0. The number of pyridine rings is 4. The van der Waals surface area contributed by atoms with Crippen LogP contribution < -0.4 is 33.4 Å². The normalized spacial score (nSPS) is 13.7. The number of hydrogen-bond donors (Lipinski definition) is 5. The van der Waals surface area contributed by atoms with Crippen molar-refractivity contribution >= 4 is 70.9 Å². The largest absolute Gasteiger partial charge is 0.481 e. The molecule has 0 aromatic carbocycles. The van der Waals surface area contributed by atoms with Crippen molar-refractivity contribution in [2.24, 2.45) is 26.4 Å². The highest BCUT2D eigenvalue weighted by atomic mass is 16.5. The maximum atomic E-state index is 5.97. The molecule has 17 heteroatoms. The van der Waals surface area contributed by atoms with Gasteiger partial charge in [0.15, 0.2) is 11.7 Å². The molecule has 0 amide bonds. The summed E-state index contributed by atoms with van der Waals surface area (Å²) in [5.41, 5.74) is 34.3. The molecule has 8 rings (SSSR count). The Morgan fingerprint density at radius 2 is 1.18 bits per heavy atom. The van der Waals surface area contributed by atoms with E-state index in [2.05, 4.69) is 35.3 Å². The van der Waals surface area contributed by atoms with Crippen LogP contribution in [0.4, 0.5) is 28.6 Å². The summed E-state index contributed by atoms with van der Waals surface area (Å²) in [5.74, 6) is 1.35. The predicted octanol–water partition coefficient (Wildman–Crippen LogP) is 3.42. The number of rotatable bonds is 3. The fourth-order valence-electron chi connectivity index (χ4n) is 4.48. The number of hydrogen-bond acceptors (Lipinski definition) is 12. The average molecular weight is 669 g/mol. The van der Waals surface area contributed by atoms with E-state index in [0.717, 1.165) is 22.2 Å². The zero-order valence-electron chi connectivity index (χ0n) is 26.2. The Balaban J connectivity index is 0.000000210. The van der Waals surface area contributed by atoms with Crippen molar-refractivity contribution in [1.29, 1.82) is 0 Å². The third-order valence-corrected chi connectivity index (χ3v) is 6.92. The summed E-state index contributed by atoms with van der Waals surface area (Å²) in [6.07, 6.45) is 12.2. The SMILES string of the molecule is C.COc1ccc(N)c(N)n1.NC1=CC(=Nc2cnn3ccccc23)C(=Nc2cnn3ccccc23)N=C1N.Nc1cnn2ccccc12.[B]. The molecule has 0 bridgehead atoms. The molecular formula is C33H35BN15O. The number of anilines is 3. The molecule has 1 aliphatic rings. The quantitative estimate of drug-likeness (QED) is 0.172. The van der Waals surface area contributed by atoms with Crippen molar-refractivity contribution in [2.45, 2.75) is 7.43 Å². The molecular weight excluding hydrogens is 633 g/mol. The third kappa shape index (κ3) is 7.68. The van der Waals surface area contributed by atoms with E-state index in [-0.39, 0.29) is 21.7 Å². The van der Waals surface area contributed by atoms with E-state index >= 15 is 0 Å². The second-order valence-corrected chi connectivity index (χ2v) is 10.1. The number of methoxy groups -OCH3 is 1. The second-order valence-electron chi connectivity index (χ2n) is 10.1. The first kappa shape index (κ1) is 35.7. The lowest BCUT2D eigenvalue weighted by molar-refractivity contribution is 0.399. The number of aliphatic imine (C=N–C) groups is 3. The lowest BCUT2D eigenvalue weighted by Gasteiger charge is -2.11. The summed E-state index contributed by atoms with van der Waals surface area (Å²) in [5, 5.41) is 12.6. The smallest absolute Gasteiger partial charge is 0.215 e. The standard InChI is InChI=1S/C19H15N9.C7H7N3.C6H9N3O.CH4.B/c20-12-9-13(24-14-10-22-27-7-3-1-5-16(14)27)19(26-18(12)21)25-15-11-23-28-8-4-2-6-17(15)28;8-6-5-9-10-4-2-1-3-7(6)10;1-10-5-3-2-4(7)6(8)9-5;;/h1-11H,20H2,(H2,21,25,26);1-5H,8H2;2-3H,7H2,1H3,(H2,8,9);1H4;. The van der Waals surface area contributed by atoms with Gasteiger partial charge in [-0.15, -0.1) is 0 Å². The van der Waals surface area contributed by atoms with Gasteiger partial charge in [-0.1, -0.05) is 25.6 Å². The van der Waals surface area contributed by atoms with E-state index < -0.39 is 0 Å². The van der Waals surface area contributed by atoms with E-state index in [1.165, 1.54) is 7.11 Å². The minimum Gasteiger partial charge on any atom is -0.481 e. The molecule has 7 aromatic heterocycles. The minimum atomic E-state index is 0. The van der Waals surface area contributed by atoms with Crippen LogP contribution in [0, 0.1) is 0 Å². The van der Waals surface area contributed by atoms with Crippen molar-refractivity contribution in [3.05, 3.63) is 116 Å². The molecule has 7 aromatic rings. The van der Waals surface area contributed by atoms with E-state index in [1.54, 1.807) is 50.3 Å². The molecule has 0 spiro atoms. The van der Waals surface area contributed by atoms with Gasteiger partial charge < -0.3 is 33.4 Å². The number of dihydropyridines is 1. The zero-order valence-corrected chi connectivity index (χ0v) is 26.2. The molecule has 10 N–H and O–H groups in total. The first-order valence-electron chi connectivity index (χ1n) is 14.4. The van der Waals surface area contributed by atoms with Crippen LogP contribution in [0.1, 0.15) is 7.43 Å². The Labute approximate surface area is 288 Å². The van der Waals surface area contributed by atoms with Crippen molar-refractivity contribution in [2.75, 3.05) is 24.3 Å². The molecule has 0 fully saturated rings. The Morgan fingerprint density at radius 3 is 1.74 bits per heavy atom. The lowest BCUT2D eigenvalue weighted by Crippen LogP contribution is -2.29. The number of fused-ring (bicyclic) bond motifs is 3. The third-order valence-electron chi connectivity index (χ3n) is 6.92. The molecule has 0 unspecified atom stereocenters. The van der Waals surface area contributed by atoms with E-state index in [0.29, 0.717) is 46.0 Å². The van der Waals surface area contributed by atoms with Gasteiger partial charge in [0, 0.05) is 33.1 Å². The number of amidine groups is 2. The highest BCUT2D eigenvalue weighted by Crippen LogP contribution is 2.24. The second kappa shape index (κ2) is 15.6. The van der Waals surface area contributed by atoms with E-state index in [1.807, 2.05) is 73.2 Å². The molecule has 0 saturated carbocycles. The molecule has 251 valence electrons. The van der Waals surface area contributed by atoms with E-state index in [4.69, 9.17) is 33.4 Å². The first-order chi connectivity index (χ1) is 23.3. The molecule has 8 heterocycles. The molecule has 1 aliphatic heterocycles. The van der Waals surface area contributed by atoms with Gasteiger partial charge in [-0.2, -0.15) is 20.3 Å². The van der Waals surface area contributed by atoms with Crippen molar-refractivity contribution in [1.82, 2.24) is 33.8 Å². The molecule has 0 saturated heterocycles. The number of nitrogens with two attached hydrogens (primary N) is 5. The predicted molar refractivity (Wildman–Crippen MR) is 200 cm³/mol. The van der Waals surface area contributed by atoms with Crippen LogP contribution in [0.25, 0.3) is 16.6 Å². The highest BCUT2D eigenvalue weighted by Gasteiger charge is 2.18. The Bertz CT molecular complexity index is 2260. The Morgan fingerprint density at radius 1 is 0.640 bits per heavy atom. The van der Waals surface area contributed by atoms with Crippen molar-refractivity contribution < 1.29 is 4.74 Å². The number of nitrogen functional groups attached to an aromatic ring is 3. The number of aromatic nitrogens is 7. The summed E-state index contributed by atoms with van der Waals surface area (Å²) < 4.78 is 10.0. The van der Waals surface area contributed by atoms with Crippen LogP contribution in [0.3, 0.4) is 0 Å². The molecule has 50 heavy (non-hydrogen) atoms. The molecule has 3 radical (unpaired) electrons. The lowest BCUT2D eigenvalue weighted by atomic mass is 10.2. The first-order valence-corrected chi connectivity index (χ1v) is 14.4. The number of ether oxygens (including phenoxy) is 1. The van der Waals surface area contributed by atoms with Gasteiger partial charge in [0.1, 0.15) is 22.9 Å². The van der Waals surface area contributed by atoms with Crippen LogP contribution in [-0.2, 0) is 0 Å². The van der Waals surface area contributed by atoms with Gasteiger partial charge in [0.2, 0.25) is 5.88 Å². The van der Waals surface area contributed by atoms with Gasteiger partial charge in [-0.25, -0.2) is 28.5 Å². The molecule has 16 nitrogen and oxygen atoms in total. The summed E-state index contributed by atoms with van der Waals surface area (Å²) in [6, 6.07) is 20.6. The summed E-state index contributed by atoms with van der Waals surface area (Å²) in [4.78, 5) is 17.5. The molecule has 0 atom stereocenters. The van der Waals surface area contributed by atoms with Crippen LogP contribution >= 0.6 is 0 Å². The summed E-state index contributed by atoms with van der Waals surface area (Å²) >= 11 is 0. The van der Waals surface area contributed by atoms with Crippen molar-refractivity contribution in [3.8, 4) is 5.88 Å². The highest BCUT2D eigenvalue weighted by molar-refractivity contribution is 6.50. The van der Waals surface area contributed by atoms with Crippen LogP contribution in [0.15, 0.2) is 131 Å². The summed E-state index contributed by atoms with van der Waals surface area (Å²) in [7, 11) is 1.53. The number of nitrogens with zero attached hydrogens (tertiary/aromatic N) is 10. The van der Waals surface area contributed by atoms with Gasteiger partial charge in [-0.3, -0.25) is 0 Å². The Hall–Kier alpha value is -7.17. The molecule has 0 aliphatic carbocycles. The topological polar surface area (TPSA) is 241 Å². The van der Waals surface area contributed by atoms with Gasteiger partial charge in [-0.05, 0) is 48.5 Å². The van der Waals surface area contributed by atoms with Crippen LogP contribution in [0.5, 0.6) is 5.88 Å². The Kier molecular flexibility index (Phi) is 11.1.